The highest BCUT2D eigenvalue weighted by molar-refractivity contribution is 8.05. The molecule has 0 saturated carbocycles. The van der Waals surface area contributed by atoms with E-state index >= 15 is 0 Å². The number of thiazole rings is 1. The average Bonchev–Trinajstić information content (AvgIpc) is 3.47. The molecule has 2 amide bonds. The molecular formula is C31H33N5O6S3. The van der Waals surface area contributed by atoms with Gasteiger partial charge in [-0.05, 0) is 38.2 Å². The SMILES string of the molecule is CSC1=C(C(=O)OC(c2ccccc2)c2ccccc2)N2C(=O)C(NC(=O)/C(=N/OCOC(C)(C)C)c3csc(N)n3)[C@H]2SC1. The fraction of sp³-hybridized carbons (Fsp3) is 0.323. The smallest absolute Gasteiger partial charge is 0.356 e. The van der Waals surface area contributed by atoms with E-state index in [9.17, 15) is 14.4 Å². The average molecular weight is 668 g/mol. The molecule has 0 radical (unpaired) electrons. The molecule has 14 heteroatoms. The standard InChI is InChI=1S/C31H33N5O6S3/c1-31(2,3)40-17-41-35-22(20-15-45-30(32)33-20)26(37)34-23-27(38)36-24(21(43-4)16-44-28(23)36)29(39)42-25(18-11-7-5-8-12-18)19-13-9-6-10-14-19/h5-15,23,25,28H,16-17H2,1-4H3,(H2,32,33)(H,34,37)/b35-22+/t23?,28-/m1/s1. The van der Waals surface area contributed by atoms with Crippen LogP contribution in [0.4, 0.5) is 5.13 Å². The summed E-state index contributed by atoms with van der Waals surface area (Å²) < 4.78 is 11.6. The number of aromatic nitrogens is 1. The van der Waals surface area contributed by atoms with E-state index in [0.717, 1.165) is 22.5 Å². The van der Waals surface area contributed by atoms with E-state index in [1.807, 2.05) is 87.7 Å². The van der Waals surface area contributed by atoms with Crippen molar-refractivity contribution >= 4 is 63.5 Å². The van der Waals surface area contributed by atoms with Crippen molar-refractivity contribution in [3.8, 4) is 0 Å². The van der Waals surface area contributed by atoms with Gasteiger partial charge in [0.05, 0.1) is 5.60 Å². The minimum Gasteiger partial charge on any atom is -0.448 e. The lowest BCUT2D eigenvalue weighted by atomic mass is 10.0. The van der Waals surface area contributed by atoms with E-state index < -0.39 is 40.9 Å². The van der Waals surface area contributed by atoms with Crippen molar-refractivity contribution < 1.29 is 28.7 Å². The molecule has 236 valence electrons. The van der Waals surface area contributed by atoms with Crippen LogP contribution in [0.2, 0.25) is 0 Å². The number of nitrogen functional groups attached to an aromatic ring is 1. The Kier molecular flexibility index (Phi) is 10.2. The van der Waals surface area contributed by atoms with Crippen LogP contribution in [0.15, 0.2) is 81.8 Å². The summed E-state index contributed by atoms with van der Waals surface area (Å²) in [4.78, 5) is 52.4. The summed E-state index contributed by atoms with van der Waals surface area (Å²) in [5.41, 5.74) is 7.15. The second kappa shape index (κ2) is 14.1. The van der Waals surface area contributed by atoms with Crippen LogP contribution in [0.1, 0.15) is 43.7 Å². The predicted molar refractivity (Wildman–Crippen MR) is 176 cm³/mol. The first-order chi connectivity index (χ1) is 21.6. The van der Waals surface area contributed by atoms with Crippen LogP contribution in [-0.4, -0.2) is 69.2 Å². The second-order valence-corrected chi connectivity index (χ2v) is 13.9. The third kappa shape index (κ3) is 7.52. The third-order valence-electron chi connectivity index (χ3n) is 6.77. The minimum atomic E-state index is -0.917. The Morgan fingerprint density at radius 1 is 1.13 bits per heavy atom. The lowest BCUT2D eigenvalue weighted by molar-refractivity contribution is -0.154. The van der Waals surface area contributed by atoms with E-state index in [4.69, 9.17) is 20.0 Å². The quantitative estimate of drug-likeness (QED) is 0.0747. The van der Waals surface area contributed by atoms with Crippen molar-refractivity contribution in [2.24, 2.45) is 5.16 Å². The Balaban J connectivity index is 1.34. The Morgan fingerprint density at radius 3 is 2.33 bits per heavy atom. The first kappa shape index (κ1) is 32.5. The molecule has 0 spiro atoms. The van der Waals surface area contributed by atoms with E-state index in [-0.39, 0.29) is 29.0 Å². The summed E-state index contributed by atoms with van der Waals surface area (Å²) in [6.45, 7) is 5.37. The number of nitrogens with zero attached hydrogens (tertiary/aromatic N) is 3. The van der Waals surface area contributed by atoms with Gasteiger partial charge in [-0.15, -0.1) is 34.9 Å². The van der Waals surface area contributed by atoms with Gasteiger partial charge < -0.3 is 25.4 Å². The number of anilines is 1. The summed E-state index contributed by atoms with van der Waals surface area (Å²) in [6.07, 6.45) is 1.17. The van der Waals surface area contributed by atoms with Gasteiger partial charge >= 0.3 is 5.97 Å². The number of thioether (sulfide) groups is 2. The molecule has 1 unspecified atom stereocenters. The first-order valence-corrected chi connectivity index (χ1v) is 17.1. The van der Waals surface area contributed by atoms with E-state index in [1.54, 1.807) is 5.38 Å². The zero-order valence-corrected chi connectivity index (χ0v) is 27.5. The normalized spacial score (nSPS) is 18.4. The summed E-state index contributed by atoms with van der Waals surface area (Å²) in [5.74, 6) is -1.27. The third-order valence-corrected chi connectivity index (χ3v) is 9.74. The minimum absolute atomic E-state index is 0.152. The summed E-state index contributed by atoms with van der Waals surface area (Å²) in [5, 5.41) is 8.00. The number of fused-ring (bicyclic) bond motifs is 1. The number of hydrogen-bond acceptors (Lipinski definition) is 12. The molecule has 3 N–H and O–H groups in total. The number of oxime groups is 1. The van der Waals surface area contributed by atoms with Gasteiger partial charge in [0.15, 0.2) is 16.9 Å². The molecule has 2 atom stereocenters. The number of rotatable bonds is 11. The second-order valence-electron chi connectivity index (χ2n) is 11.0. The first-order valence-electron chi connectivity index (χ1n) is 14.0. The van der Waals surface area contributed by atoms with Gasteiger partial charge in [-0.1, -0.05) is 65.8 Å². The number of benzene rings is 2. The molecule has 3 heterocycles. The monoisotopic (exact) mass is 667 g/mol. The molecule has 3 aromatic rings. The highest BCUT2D eigenvalue weighted by Crippen LogP contribution is 2.44. The van der Waals surface area contributed by atoms with Crippen molar-refractivity contribution in [3.05, 3.63) is 93.5 Å². The van der Waals surface area contributed by atoms with E-state index in [0.29, 0.717) is 10.7 Å². The number of nitrogens with two attached hydrogens (primary N) is 1. The van der Waals surface area contributed by atoms with Crippen molar-refractivity contribution in [1.29, 1.82) is 0 Å². The Bertz CT molecular complexity index is 1570. The van der Waals surface area contributed by atoms with Crippen molar-refractivity contribution in [3.63, 3.8) is 0 Å². The molecule has 1 saturated heterocycles. The van der Waals surface area contributed by atoms with Gasteiger partial charge in [0.25, 0.3) is 11.8 Å². The summed E-state index contributed by atoms with van der Waals surface area (Å²) in [6, 6.07) is 18.0. The van der Waals surface area contributed by atoms with Crippen molar-refractivity contribution in [1.82, 2.24) is 15.2 Å². The lowest BCUT2D eigenvalue weighted by Gasteiger charge is -2.49. The molecule has 2 aromatic carbocycles. The largest absolute Gasteiger partial charge is 0.448 e. The van der Waals surface area contributed by atoms with E-state index in [1.165, 1.54) is 28.4 Å². The van der Waals surface area contributed by atoms with Gasteiger partial charge in [0.1, 0.15) is 22.8 Å². The van der Waals surface area contributed by atoms with Gasteiger partial charge in [-0.25, -0.2) is 9.78 Å². The maximum atomic E-state index is 13.9. The van der Waals surface area contributed by atoms with Crippen LogP contribution in [0.5, 0.6) is 0 Å². The van der Waals surface area contributed by atoms with Crippen molar-refractivity contribution in [2.45, 2.75) is 43.9 Å². The molecule has 0 bridgehead atoms. The number of hydrogen-bond donors (Lipinski definition) is 2. The maximum Gasteiger partial charge on any atom is 0.356 e. The Labute approximate surface area is 273 Å². The van der Waals surface area contributed by atoms with Gasteiger partial charge in [-0.3, -0.25) is 14.5 Å². The maximum absolute atomic E-state index is 13.9. The predicted octanol–water partition coefficient (Wildman–Crippen LogP) is 4.53. The number of nitrogens with one attached hydrogen (secondary N) is 1. The number of β-lactam (4-membered cyclic amide) rings is 1. The topological polar surface area (TPSA) is 145 Å². The van der Waals surface area contributed by atoms with Crippen LogP contribution >= 0.6 is 34.9 Å². The Morgan fingerprint density at radius 2 is 1.78 bits per heavy atom. The molecule has 0 aliphatic carbocycles. The highest BCUT2D eigenvalue weighted by Gasteiger charge is 2.55. The fourth-order valence-electron chi connectivity index (χ4n) is 4.59. The van der Waals surface area contributed by atoms with Gasteiger partial charge in [0.2, 0.25) is 6.79 Å². The number of esters is 1. The summed E-state index contributed by atoms with van der Waals surface area (Å²) >= 11 is 3.97. The van der Waals surface area contributed by atoms with Crippen molar-refractivity contribution in [2.75, 3.05) is 24.5 Å². The number of amides is 2. The Hall–Kier alpha value is -3.85. The fourth-order valence-corrected chi connectivity index (χ4v) is 7.38. The molecular weight excluding hydrogens is 635 g/mol. The van der Waals surface area contributed by atoms with Gasteiger partial charge in [0, 0.05) is 16.0 Å². The highest BCUT2D eigenvalue weighted by atomic mass is 32.2. The molecule has 45 heavy (non-hydrogen) atoms. The number of carbonyl (C=O) groups excluding carboxylic acids is 3. The number of carbonyl (C=O) groups is 3. The van der Waals surface area contributed by atoms with E-state index in [2.05, 4.69) is 15.5 Å². The van der Waals surface area contributed by atoms with Crippen LogP contribution in [0, 0.1) is 0 Å². The van der Waals surface area contributed by atoms with Crippen LogP contribution in [-0.2, 0) is 28.7 Å². The van der Waals surface area contributed by atoms with Crippen LogP contribution < -0.4 is 11.1 Å². The molecule has 2 aliphatic heterocycles. The van der Waals surface area contributed by atoms with Gasteiger partial charge in [-0.2, -0.15) is 0 Å². The molecule has 2 aliphatic rings. The summed E-state index contributed by atoms with van der Waals surface area (Å²) in [7, 11) is 0. The molecule has 5 rings (SSSR count). The number of ether oxygens (including phenoxy) is 2. The lowest BCUT2D eigenvalue weighted by Crippen LogP contribution is -2.71. The zero-order chi connectivity index (χ0) is 32.1. The molecule has 1 aromatic heterocycles. The van der Waals surface area contributed by atoms with Crippen LogP contribution in [0.25, 0.3) is 0 Å². The zero-order valence-electron chi connectivity index (χ0n) is 25.1. The molecule has 1 fully saturated rings. The van der Waals surface area contributed by atoms with Crippen LogP contribution in [0.3, 0.4) is 0 Å². The molecule has 11 nitrogen and oxygen atoms in total.